The largest absolute Gasteiger partial charge is 0.481 e. The van der Waals surface area contributed by atoms with E-state index in [4.69, 9.17) is 10.2 Å². The average molecular weight is 244 g/mol. The molecule has 0 saturated carbocycles. The molecule has 0 amide bonds. The van der Waals surface area contributed by atoms with Crippen LogP contribution in [0.3, 0.4) is 0 Å². The summed E-state index contributed by atoms with van der Waals surface area (Å²) in [5.74, 6) is -2.46. The van der Waals surface area contributed by atoms with Gasteiger partial charge in [0.2, 0.25) is 0 Å². The highest BCUT2D eigenvalue weighted by Gasteiger charge is 2.11. The SMILES string of the molecule is O=C(O)CCSc1cc(F)ccc1C(=O)O. The molecule has 6 heteroatoms. The Labute approximate surface area is 95.1 Å². The second kappa shape index (κ2) is 5.50. The van der Waals surface area contributed by atoms with E-state index >= 15 is 0 Å². The van der Waals surface area contributed by atoms with Crippen molar-refractivity contribution in [3.63, 3.8) is 0 Å². The van der Waals surface area contributed by atoms with Crippen molar-refractivity contribution < 1.29 is 24.2 Å². The minimum atomic E-state index is -1.15. The maximum atomic E-state index is 12.9. The number of carboxylic acids is 2. The lowest BCUT2D eigenvalue weighted by Gasteiger charge is -2.04. The van der Waals surface area contributed by atoms with Crippen LogP contribution in [0.2, 0.25) is 0 Å². The molecule has 0 radical (unpaired) electrons. The Morgan fingerprint density at radius 3 is 2.56 bits per heavy atom. The van der Waals surface area contributed by atoms with Crippen molar-refractivity contribution in [1.82, 2.24) is 0 Å². The van der Waals surface area contributed by atoms with E-state index in [1.165, 1.54) is 6.07 Å². The molecule has 16 heavy (non-hydrogen) atoms. The maximum absolute atomic E-state index is 12.9. The number of hydrogen-bond acceptors (Lipinski definition) is 3. The zero-order valence-electron chi connectivity index (χ0n) is 8.14. The number of halogens is 1. The first-order chi connectivity index (χ1) is 7.50. The molecule has 0 spiro atoms. The predicted octanol–water partition coefficient (Wildman–Crippen LogP) is 2.09. The number of aromatic carboxylic acids is 1. The van der Waals surface area contributed by atoms with E-state index in [1.54, 1.807) is 0 Å². The Balaban J connectivity index is 2.80. The first-order valence-electron chi connectivity index (χ1n) is 4.38. The zero-order chi connectivity index (χ0) is 12.1. The Hall–Kier alpha value is -1.56. The number of benzene rings is 1. The molecule has 1 rings (SSSR count). The van der Waals surface area contributed by atoms with E-state index in [-0.39, 0.29) is 22.6 Å². The Morgan fingerprint density at radius 2 is 2.00 bits per heavy atom. The van der Waals surface area contributed by atoms with Gasteiger partial charge in [0, 0.05) is 10.6 Å². The fourth-order valence-electron chi connectivity index (χ4n) is 1.04. The van der Waals surface area contributed by atoms with Gasteiger partial charge < -0.3 is 10.2 Å². The molecule has 0 aromatic heterocycles. The van der Waals surface area contributed by atoms with Gasteiger partial charge in [0.05, 0.1) is 12.0 Å². The third kappa shape index (κ3) is 3.54. The summed E-state index contributed by atoms with van der Waals surface area (Å²) in [6.07, 6.45) is -0.0970. The number of carboxylic acid groups (broad SMARTS) is 2. The molecule has 4 nitrogen and oxygen atoms in total. The third-order valence-electron chi connectivity index (χ3n) is 1.75. The molecule has 1 aromatic carbocycles. The van der Waals surface area contributed by atoms with E-state index in [1.807, 2.05) is 0 Å². The van der Waals surface area contributed by atoms with Crippen LogP contribution in [0.4, 0.5) is 4.39 Å². The van der Waals surface area contributed by atoms with Gasteiger partial charge >= 0.3 is 11.9 Å². The van der Waals surface area contributed by atoms with Crippen LogP contribution in [0.25, 0.3) is 0 Å². The molecule has 0 heterocycles. The zero-order valence-corrected chi connectivity index (χ0v) is 8.96. The molecule has 0 atom stereocenters. The van der Waals surface area contributed by atoms with Gasteiger partial charge in [-0.25, -0.2) is 9.18 Å². The van der Waals surface area contributed by atoms with Crippen LogP contribution in [-0.4, -0.2) is 27.9 Å². The second-order valence-corrected chi connectivity index (χ2v) is 4.07. The molecule has 2 N–H and O–H groups in total. The third-order valence-corrected chi connectivity index (χ3v) is 2.80. The molecule has 0 unspecified atom stereocenters. The number of aliphatic carboxylic acids is 1. The minimum Gasteiger partial charge on any atom is -0.481 e. The molecule has 0 fully saturated rings. The van der Waals surface area contributed by atoms with E-state index < -0.39 is 17.8 Å². The summed E-state index contributed by atoms with van der Waals surface area (Å²) in [6, 6.07) is 3.32. The molecule has 1 aromatic rings. The fraction of sp³-hybridized carbons (Fsp3) is 0.200. The molecular weight excluding hydrogens is 235 g/mol. The van der Waals surface area contributed by atoms with E-state index in [2.05, 4.69) is 0 Å². The lowest BCUT2D eigenvalue weighted by molar-refractivity contribution is -0.136. The van der Waals surface area contributed by atoms with Gasteiger partial charge in [-0.1, -0.05) is 0 Å². The minimum absolute atomic E-state index is 0.0169. The quantitative estimate of drug-likeness (QED) is 0.776. The van der Waals surface area contributed by atoms with E-state index in [0.29, 0.717) is 0 Å². The number of carbonyl (C=O) groups is 2. The van der Waals surface area contributed by atoms with Gasteiger partial charge in [-0.2, -0.15) is 0 Å². The van der Waals surface area contributed by atoms with Crippen molar-refractivity contribution in [3.8, 4) is 0 Å². The van der Waals surface area contributed by atoms with Crippen LogP contribution in [0.15, 0.2) is 23.1 Å². The van der Waals surface area contributed by atoms with Gasteiger partial charge in [0.1, 0.15) is 5.82 Å². The highest BCUT2D eigenvalue weighted by atomic mass is 32.2. The van der Waals surface area contributed by atoms with Crippen LogP contribution < -0.4 is 0 Å². The first-order valence-corrected chi connectivity index (χ1v) is 5.36. The molecule has 0 bridgehead atoms. The van der Waals surface area contributed by atoms with Crippen LogP contribution in [-0.2, 0) is 4.79 Å². The molecule has 0 aliphatic carbocycles. The van der Waals surface area contributed by atoms with Crippen LogP contribution >= 0.6 is 11.8 Å². The average Bonchev–Trinajstić information content (AvgIpc) is 2.16. The number of thioether (sulfide) groups is 1. The van der Waals surface area contributed by atoms with Crippen molar-refractivity contribution in [1.29, 1.82) is 0 Å². The van der Waals surface area contributed by atoms with Crippen molar-refractivity contribution in [2.45, 2.75) is 11.3 Å². The predicted molar refractivity (Wildman–Crippen MR) is 56.3 cm³/mol. The molecule has 0 saturated heterocycles. The summed E-state index contributed by atoms with van der Waals surface area (Å²) in [5.41, 5.74) is -0.0169. The topological polar surface area (TPSA) is 74.6 Å². The fourth-order valence-corrected chi connectivity index (χ4v) is 2.04. The summed E-state index contributed by atoms with van der Waals surface area (Å²) < 4.78 is 12.9. The standard InChI is InChI=1S/C10H9FO4S/c11-6-1-2-7(10(14)15)8(5-6)16-4-3-9(12)13/h1-2,5H,3-4H2,(H,12,13)(H,14,15). The highest BCUT2D eigenvalue weighted by molar-refractivity contribution is 7.99. The Kier molecular flexibility index (Phi) is 4.30. The summed E-state index contributed by atoms with van der Waals surface area (Å²) in [7, 11) is 0. The molecule has 0 aliphatic heterocycles. The summed E-state index contributed by atoms with van der Waals surface area (Å²) in [4.78, 5) is 21.3. The van der Waals surface area contributed by atoms with E-state index in [9.17, 15) is 14.0 Å². The van der Waals surface area contributed by atoms with Gasteiger partial charge in [-0.05, 0) is 18.2 Å². The van der Waals surface area contributed by atoms with Gasteiger partial charge in [-0.3, -0.25) is 4.79 Å². The highest BCUT2D eigenvalue weighted by Crippen LogP contribution is 2.24. The van der Waals surface area contributed by atoms with Gasteiger partial charge in [-0.15, -0.1) is 11.8 Å². The smallest absolute Gasteiger partial charge is 0.336 e. The normalized spacial score (nSPS) is 10.1. The lowest BCUT2D eigenvalue weighted by atomic mass is 10.2. The summed E-state index contributed by atoms with van der Waals surface area (Å²) >= 11 is 1.02. The summed E-state index contributed by atoms with van der Waals surface area (Å²) in [6.45, 7) is 0. The molecule has 0 aliphatic rings. The molecule has 86 valence electrons. The van der Waals surface area contributed by atoms with Crippen molar-refractivity contribution in [2.24, 2.45) is 0 Å². The van der Waals surface area contributed by atoms with Crippen molar-refractivity contribution in [3.05, 3.63) is 29.6 Å². The Bertz CT molecular complexity index is 419. The summed E-state index contributed by atoms with van der Waals surface area (Å²) in [5, 5.41) is 17.2. The van der Waals surface area contributed by atoms with Crippen LogP contribution in [0.5, 0.6) is 0 Å². The van der Waals surface area contributed by atoms with Crippen LogP contribution in [0.1, 0.15) is 16.8 Å². The first kappa shape index (κ1) is 12.5. The van der Waals surface area contributed by atoms with Crippen molar-refractivity contribution >= 4 is 23.7 Å². The molecular formula is C10H9FO4S. The number of hydrogen-bond donors (Lipinski definition) is 2. The van der Waals surface area contributed by atoms with Crippen molar-refractivity contribution in [2.75, 3.05) is 5.75 Å². The second-order valence-electron chi connectivity index (χ2n) is 2.94. The maximum Gasteiger partial charge on any atom is 0.336 e. The van der Waals surface area contributed by atoms with Gasteiger partial charge in [0.15, 0.2) is 0 Å². The monoisotopic (exact) mass is 244 g/mol. The number of rotatable bonds is 5. The van der Waals surface area contributed by atoms with Gasteiger partial charge in [0.25, 0.3) is 0 Å². The van der Waals surface area contributed by atoms with E-state index in [0.717, 1.165) is 23.9 Å². The van der Waals surface area contributed by atoms with Crippen LogP contribution in [0, 0.1) is 5.82 Å². The lowest BCUT2D eigenvalue weighted by Crippen LogP contribution is -2.01. The Morgan fingerprint density at radius 1 is 1.31 bits per heavy atom.